The van der Waals surface area contributed by atoms with Crippen LogP contribution in [0, 0.1) is 5.82 Å². The van der Waals surface area contributed by atoms with Crippen LogP contribution in [-0.2, 0) is 22.4 Å². The number of thiazole rings is 1. The molecule has 6 nitrogen and oxygen atoms in total. The molecular weight excluding hydrogens is 491 g/mol. The summed E-state index contributed by atoms with van der Waals surface area (Å²) in [5.74, 6) is -1.49. The van der Waals surface area contributed by atoms with Gasteiger partial charge in [0.2, 0.25) is 0 Å². The third-order valence-electron chi connectivity index (χ3n) is 6.86. The van der Waals surface area contributed by atoms with Crippen LogP contribution in [0.15, 0.2) is 66.2 Å². The molecular formula is C29H23FN2O4S. The summed E-state index contributed by atoms with van der Waals surface area (Å²) >= 11 is 1.13. The first-order chi connectivity index (χ1) is 17.8. The van der Waals surface area contributed by atoms with E-state index in [4.69, 9.17) is 4.74 Å². The van der Waals surface area contributed by atoms with Crippen molar-refractivity contribution < 1.29 is 23.8 Å². The van der Waals surface area contributed by atoms with Gasteiger partial charge in [-0.3, -0.25) is 14.5 Å². The molecule has 186 valence electrons. The Morgan fingerprint density at radius 3 is 2.68 bits per heavy atom. The number of nitrogens with zero attached hydrogens (tertiary/aromatic N) is 2. The molecule has 3 aromatic carbocycles. The Morgan fingerprint density at radius 1 is 1.14 bits per heavy atom. The quantitative estimate of drug-likeness (QED) is 0.207. The van der Waals surface area contributed by atoms with Crippen LogP contribution in [0.1, 0.15) is 42.1 Å². The highest BCUT2D eigenvalue weighted by molar-refractivity contribution is 7.22. The zero-order valence-electron chi connectivity index (χ0n) is 20.2. The van der Waals surface area contributed by atoms with Crippen molar-refractivity contribution in [3.8, 4) is 5.75 Å². The van der Waals surface area contributed by atoms with E-state index >= 15 is 0 Å². The van der Waals surface area contributed by atoms with E-state index in [9.17, 15) is 19.1 Å². The van der Waals surface area contributed by atoms with E-state index in [1.807, 2.05) is 38.1 Å². The Balaban J connectivity index is 1.53. The van der Waals surface area contributed by atoms with Crippen LogP contribution in [0.2, 0.25) is 0 Å². The highest BCUT2D eigenvalue weighted by Crippen LogP contribution is 2.45. The lowest BCUT2D eigenvalue weighted by molar-refractivity contribution is -0.132. The molecule has 0 spiro atoms. The van der Waals surface area contributed by atoms with Crippen LogP contribution in [0.5, 0.6) is 5.75 Å². The zero-order valence-corrected chi connectivity index (χ0v) is 21.0. The molecule has 37 heavy (non-hydrogen) atoms. The summed E-state index contributed by atoms with van der Waals surface area (Å²) in [7, 11) is 0. The second kappa shape index (κ2) is 8.81. The molecule has 2 atom stereocenters. The minimum atomic E-state index is -0.889. The van der Waals surface area contributed by atoms with Crippen LogP contribution in [0.4, 0.5) is 9.52 Å². The summed E-state index contributed by atoms with van der Waals surface area (Å²) in [6, 6.07) is 16.2. The molecule has 0 saturated carbocycles. The highest BCUT2D eigenvalue weighted by Gasteiger charge is 2.48. The average molecular weight is 515 g/mol. The Bertz CT molecular complexity index is 1610. The lowest BCUT2D eigenvalue weighted by atomic mass is 9.94. The third kappa shape index (κ3) is 3.88. The molecule has 2 aliphatic rings. The van der Waals surface area contributed by atoms with E-state index in [-0.39, 0.29) is 22.6 Å². The molecule has 0 radical (unpaired) electrons. The fourth-order valence-corrected chi connectivity index (χ4v) is 6.01. The van der Waals surface area contributed by atoms with E-state index in [1.165, 1.54) is 17.0 Å². The fraction of sp³-hybridized carbons (Fsp3) is 0.207. The number of halogens is 1. The van der Waals surface area contributed by atoms with Crippen LogP contribution in [0.25, 0.3) is 16.0 Å². The average Bonchev–Trinajstić information content (AvgIpc) is 3.55. The first-order valence-electron chi connectivity index (χ1n) is 12.1. The molecule has 1 amide bonds. The van der Waals surface area contributed by atoms with Crippen molar-refractivity contribution in [1.82, 2.24) is 4.98 Å². The molecule has 8 heteroatoms. The number of amides is 1. The second-order valence-electron chi connectivity index (χ2n) is 9.33. The molecule has 0 unspecified atom stereocenters. The summed E-state index contributed by atoms with van der Waals surface area (Å²) in [6.07, 6.45) is 1.55. The number of carbonyl (C=O) groups excluding carboxylic acids is 2. The maximum absolute atomic E-state index is 13.8. The fourth-order valence-electron chi connectivity index (χ4n) is 5.00. The molecule has 0 aliphatic carbocycles. The topological polar surface area (TPSA) is 79.7 Å². The maximum Gasteiger partial charge on any atom is 0.301 e. The number of hydrogen-bond donors (Lipinski definition) is 1. The molecule has 1 saturated heterocycles. The Hall–Kier alpha value is -4.04. The van der Waals surface area contributed by atoms with Gasteiger partial charge in [-0.2, -0.15) is 0 Å². The SMILES string of the molecule is CCc1ccc([C@@H]2C(=C(O)c3ccc4c(c3)C[C@@H](C)O4)C(=O)C(=O)N2c2nc3ccc(F)cc3s2)cc1. The normalized spacial score (nSPS) is 20.5. The first-order valence-corrected chi connectivity index (χ1v) is 12.9. The molecule has 2 aliphatic heterocycles. The van der Waals surface area contributed by atoms with Crippen LogP contribution in [0.3, 0.4) is 0 Å². The maximum atomic E-state index is 13.8. The van der Waals surface area contributed by atoms with Crippen molar-refractivity contribution in [2.24, 2.45) is 0 Å². The summed E-state index contributed by atoms with van der Waals surface area (Å²) in [6.45, 7) is 4.01. The van der Waals surface area contributed by atoms with Crippen LogP contribution >= 0.6 is 11.3 Å². The number of aliphatic hydroxyl groups is 1. The molecule has 1 fully saturated rings. The van der Waals surface area contributed by atoms with Gasteiger partial charge >= 0.3 is 5.91 Å². The standard InChI is InChI=1S/C29H23FN2O4S/c1-3-16-4-6-17(7-5-16)25-24(26(33)18-8-11-22-19(13-18)12-15(2)36-22)27(34)28(35)32(25)29-31-21-10-9-20(30)14-23(21)37-29/h4-11,13-15,25,33H,3,12H2,1-2H3/t15-,25-/m1/s1. The number of fused-ring (bicyclic) bond motifs is 2. The van der Waals surface area contributed by atoms with Gasteiger partial charge in [0.15, 0.2) is 5.13 Å². The molecule has 6 rings (SSSR count). The van der Waals surface area contributed by atoms with Crippen LogP contribution < -0.4 is 9.64 Å². The van der Waals surface area contributed by atoms with Crippen molar-refractivity contribution in [3.63, 3.8) is 0 Å². The monoisotopic (exact) mass is 514 g/mol. The van der Waals surface area contributed by atoms with Gasteiger partial charge in [-0.05, 0) is 66.4 Å². The lowest BCUT2D eigenvalue weighted by Crippen LogP contribution is -2.29. The molecule has 4 aromatic rings. The van der Waals surface area contributed by atoms with Gasteiger partial charge in [-0.1, -0.05) is 42.5 Å². The van der Waals surface area contributed by atoms with E-state index in [0.717, 1.165) is 34.6 Å². The summed E-state index contributed by atoms with van der Waals surface area (Å²) in [5.41, 5.74) is 3.66. The summed E-state index contributed by atoms with van der Waals surface area (Å²) < 4.78 is 20.2. The van der Waals surface area contributed by atoms with Crippen molar-refractivity contribution in [2.75, 3.05) is 4.90 Å². The number of aliphatic hydroxyl groups excluding tert-OH is 1. The van der Waals surface area contributed by atoms with Gasteiger partial charge in [-0.25, -0.2) is 9.37 Å². The van der Waals surface area contributed by atoms with E-state index in [1.54, 1.807) is 24.3 Å². The minimum absolute atomic E-state index is 0.00778. The molecule has 0 bridgehead atoms. The number of aryl methyl sites for hydroxylation is 1. The van der Waals surface area contributed by atoms with Crippen molar-refractivity contribution >= 4 is 44.1 Å². The number of carbonyl (C=O) groups is 2. The zero-order chi connectivity index (χ0) is 25.8. The molecule has 3 heterocycles. The summed E-state index contributed by atoms with van der Waals surface area (Å²) in [4.78, 5) is 32.7. The van der Waals surface area contributed by atoms with Gasteiger partial charge < -0.3 is 9.84 Å². The number of ether oxygens (including phenoxy) is 1. The smallest absolute Gasteiger partial charge is 0.301 e. The molecule has 1 aromatic heterocycles. The van der Waals surface area contributed by atoms with E-state index < -0.39 is 23.5 Å². The van der Waals surface area contributed by atoms with Crippen molar-refractivity contribution in [3.05, 3.63) is 94.3 Å². The minimum Gasteiger partial charge on any atom is -0.507 e. The largest absolute Gasteiger partial charge is 0.507 e. The third-order valence-corrected chi connectivity index (χ3v) is 7.88. The van der Waals surface area contributed by atoms with Gasteiger partial charge in [0.1, 0.15) is 23.4 Å². The number of aromatic nitrogens is 1. The Labute approximate surface area is 216 Å². The van der Waals surface area contributed by atoms with Crippen molar-refractivity contribution in [2.45, 2.75) is 38.8 Å². The number of anilines is 1. The van der Waals surface area contributed by atoms with Gasteiger partial charge in [0.25, 0.3) is 5.78 Å². The highest BCUT2D eigenvalue weighted by atomic mass is 32.1. The number of benzene rings is 3. The lowest BCUT2D eigenvalue weighted by Gasteiger charge is -2.23. The Kier molecular flexibility index (Phi) is 5.56. The number of rotatable bonds is 4. The van der Waals surface area contributed by atoms with E-state index in [2.05, 4.69) is 4.98 Å². The van der Waals surface area contributed by atoms with Crippen molar-refractivity contribution in [1.29, 1.82) is 0 Å². The second-order valence-corrected chi connectivity index (χ2v) is 10.3. The Morgan fingerprint density at radius 2 is 1.92 bits per heavy atom. The number of Topliss-reactive ketones (excluding diaryl/α,β-unsaturated/α-hetero) is 1. The predicted molar refractivity (Wildman–Crippen MR) is 140 cm³/mol. The van der Waals surface area contributed by atoms with Crippen LogP contribution in [-0.4, -0.2) is 27.9 Å². The van der Waals surface area contributed by atoms with Gasteiger partial charge in [0, 0.05) is 12.0 Å². The molecule has 1 N–H and O–H groups in total. The van der Waals surface area contributed by atoms with Gasteiger partial charge in [-0.15, -0.1) is 0 Å². The predicted octanol–water partition coefficient (Wildman–Crippen LogP) is 5.95. The van der Waals surface area contributed by atoms with E-state index in [0.29, 0.717) is 27.8 Å². The summed E-state index contributed by atoms with van der Waals surface area (Å²) in [5, 5.41) is 11.7. The number of ketones is 1. The van der Waals surface area contributed by atoms with Gasteiger partial charge in [0.05, 0.1) is 21.8 Å². The first kappa shape index (κ1) is 23.4. The number of hydrogen-bond acceptors (Lipinski definition) is 6.